The van der Waals surface area contributed by atoms with Crippen LogP contribution in [0.15, 0.2) is 12.1 Å². The van der Waals surface area contributed by atoms with E-state index in [0.29, 0.717) is 17.5 Å². The molecule has 0 radical (unpaired) electrons. The molecule has 1 fully saturated rings. The number of non-ortho nitro benzene ring substituents is 1. The van der Waals surface area contributed by atoms with E-state index in [1.807, 2.05) is 27.7 Å². The summed E-state index contributed by atoms with van der Waals surface area (Å²) in [6.45, 7) is 9.82. The highest BCUT2D eigenvalue weighted by molar-refractivity contribution is 6.33. The number of rotatable bonds is 4. The van der Waals surface area contributed by atoms with Crippen molar-refractivity contribution in [3.8, 4) is 0 Å². The maximum Gasteiger partial charge on any atom is 0.271 e. The predicted octanol–water partition coefficient (Wildman–Crippen LogP) is 3.94. The molecular formula is C18H26ClN3O3. The maximum absolute atomic E-state index is 12.1. The van der Waals surface area contributed by atoms with Gasteiger partial charge in [-0.15, -0.1) is 0 Å². The molecule has 0 spiro atoms. The molecule has 1 heterocycles. The lowest BCUT2D eigenvalue weighted by atomic mass is 9.93. The third kappa shape index (κ3) is 4.84. The molecule has 2 rings (SSSR count). The third-order valence-corrected chi connectivity index (χ3v) is 4.81. The molecule has 1 aromatic carbocycles. The number of carbonyl (C=O) groups is 1. The Balaban J connectivity index is 2.09. The predicted molar refractivity (Wildman–Crippen MR) is 100 cm³/mol. The van der Waals surface area contributed by atoms with Gasteiger partial charge in [0.15, 0.2) is 0 Å². The maximum atomic E-state index is 12.1. The van der Waals surface area contributed by atoms with Crippen LogP contribution in [0.5, 0.6) is 0 Å². The van der Waals surface area contributed by atoms with Gasteiger partial charge in [-0.3, -0.25) is 14.9 Å². The highest BCUT2D eigenvalue weighted by Crippen LogP contribution is 2.36. The van der Waals surface area contributed by atoms with Crippen molar-refractivity contribution in [1.29, 1.82) is 0 Å². The van der Waals surface area contributed by atoms with Crippen LogP contribution in [0.2, 0.25) is 5.02 Å². The highest BCUT2D eigenvalue weighted by Gasteiger charge is 2.26. The first-order chi connectivity index (χ1) is 11.6. The molecule has 7 heteroatoms. The molecule has 1 atom stereocenters. The van der Waals surface area contributed by atoms with Crippen molar-refractivity contribution < 1.29 is 9.72 Å². The highest BCUT2D eigenvalue weighted by atomic mass is 35.5. The summed E-state index contributed by atoms with van der Waals surface area (Å²) in [6, 6.07) is 2.97. The van der Waals surface area contributed by atoms with Crippen molar-refractivity contribution >= 4 is 28.9 Å². The van der Waals surface area contributed by atoms with Gasteiger partial charge in [-0.1, -0.05) is 32.4 Å². The molecule has 0 aromatic heterocycles. The average molecular weight is 368 g/mol. The van der Waals surface area contributed by atoms with Gasteiger partial charge in [-0.2, -0.15) is 0 Å². The zero-order valence-corrected chi connectivity index (χ0v) is 16.0. The zero-order chi connectivity index (χ0) is 18.8. The lowest BCUT2D eigenvalue weighted by molar-refractivity contribution is -0.384. The largest absolute Gasteiger partial charge is 0.370 e. The molecule has 1 unspecified atom stereocenters. The molecule has 138 valence electrons. The van der Waals surface area contributed by atoms with E-state index in [-0.39, 0.29) is 11.6 Å². The number of nitro groups is 1. The first kappa shape index (κ1) is 19.5. The number of nitrogens with one attached hydrogen (secondary N) is 1. The fraction of sp³-hybridized carbons (Fsp3) is 0.611. The molecule has 0 aliphatic carbocycles. The van der Waals surface area contributed by atoms with Gasteiger partial charge in [0.2, 0.25) is 5.91 Å². The minimum absolute atomic E-state index is 0.0113. The van der Waals surface area contributed by atoms with Crippen molar-refractivity contribution in [2.24, 2.45) is 11.3 Å². The second kappa shape index (κ2) is 7.60. The van der Waals surface area contributed by atoms with Crippen LogP contribution < -0.4 is 10.2 Å². The second-order valence-corrected chi connectivity index (χ2v) is 8.17. The Morgan fingerprint density at radius 3 is 2.68 bits per heavy atom. The van der Waals surface area contributed by atoms with E-state index in [2.05, 4.69) is 10.2 Å². The Morgan fingerprint density at radius 1 is 1.44 bits per heavy atom. The fourth-order valence-electron chi connectivity index (χ4n) is 3.16. The van der Waals surface area contributed by atoms with Crippen molar-refractivity contribution in [1.82, 2.24) is 5.32 Å². The van der Waals surface area contributed by atoms with Gasteiger partial charge in [0.25, 0.3) is 5.69 Å². The number of hydrogen-bond acceptors (Lipinski definition) is 4. The number of benzene rings is 1. The van der Waals surface area contributed by atoms with E-state index in [1.54, 1.807) is 6.07 Å². The minimum Gasteiger partial charge on any atom is -0.370 e. The van der Waals surface area contributed by atoms with Crippen LogP contribution in [0.25, 0.3) is 0 Å². The SMILES string of the molecule is Cc1cc([N+](=O)[O-])cc(Cl)c1N1CCCC(CNC(=O)C(C)(C)C)C1. The molecule has 6 nitrogen and oxygen atoms in total. The topological polar surface area (TPSA) is 75.5 Å². The molecule has 1 aliphatic rings. The smallest absolute Gasteiger partial charge is 0.271 e. The van der Waals surface area contributed by atoms with Gasteiger partial charge < -0.3 is 10.2 Å². The van der Waals surface area contributed by atoms with Crippen molar-refractivity contribution in [2.75, 3.05) is 24.5 Å². The van der Waals surface area contributed by atoms with Crippen LogP contribution in [0, 0.1) is 28.4 Å². The minimum atomic E-state index is -0.427. The van der Waals surface area contributed by atoms with E-state index in [0.717, 1.165) is 37.2 Å². The molecular weight excluding hydrogens is 342 g/mol. The second-order valence-electron chi connectivity index (χ2n) is 7.76. The van der Waals surface area contributed by atoms with E-state index in [4.69, 9.17) is 11.6 Å². The van der Waals surface area contributed by atoms with Crippen LogP contribution in [0.4, 0.5) is 11.4 Å². The number of nitrogens with zero attached hydrogens (tertiary/aromatic N) is 2. The van der Waals surface area contributed by atoms with Crippen LogP contribution in [-0.4, -0.2) is 30.5 Å². The summed E-state index contributed by atoms with van der Waals surface area (Å²) in [5.74, 6) is 0.389. The van der Waals surface area contributed by atoms with Gasteiger partial charge >= 0.3 is 0 Å². The number of carbonyl (C=O) groups excluding carboxylic acids is 1. The molecule has 1 aromatic rings. The summed E-state index contributed by atoms with van der Waals surface area (Å²) in [4.78, 5) is 24.8. The van der Waals surface area contributed by atoms with Gasteiger partial charge in [0.05, 0.1) is 15.6 Å². The number of anilines is 1. The Kier molecular flexibility index (Phi) is 5.93. The Hall–Kier alpha value is -1.82. The summed E-state index contributed by atoms with van der Waals surface area (Å²) >= 11 is 6.33. The Labute approximate surface area is 153 Å². The van der Waals surface area contributed by atoms with Crippen LogP contribution >= 0.6 is 11.6 Å². The molecule has 0 bridgehead atoms. The standard InChI is InChI=1S/C18H26ClN3O3/c1-12-8-14(22(24)25)9-15(19)16(12)21-7-5-6-13(11-21)10-20-17(23)18(2,3)4/h8-9,13H,5-7,10-11H2,1-4H3,(H,20,23). The summed E-state index contributed by atoms with van der Waals surface area (Å²) in [7, 11) is 0. The van der Waals surface area contributed by atoms with Crippen molar-refractivity contribution in [2.45, 2.75) is 40.5 Å². The van der Waals surface area contributed by atoms with Crippen molar-refractivity contribution in [3.63, 3.8) is 0 Å². The molecule has 1 N–H and O–H groups in total. The number of hydrogen-bond donors (Lipinski definition) is 1. The molecule has 25 heavy (non-hydrogen) atoms. The van der Waals surface area contributed by atoms with Gasteiger partial charge in [0, 0.05) is 37.2 Å². The summed E-state index contributed by atoms with van der Waals surface area (Å²) in [6.07, 6.45) is 2.05. The van der Waals surface area contributed by atoms with Crippen molar-refractivity contribution in [3.05, 3.63) is 32.8 Å². The van der Waals surface area contributed by atoms with Crippen LogP contribution in [0.1, 0.15) is 39.2 Å². The lowest BCUT2D eigenvalue weighted by Crippen LogP contribution is -2.43. The van der Waals surface area contributed by atoms with Crippen LogP contribution in [-0.2, 0) is 4.79 Å². The first-order valence-corrected chi connectivity index (χ1v) is 8.95. The average Bonchev–Trinajstić information content (AvgIpc) is 2.51. The summed E-state index contributed by atoms with van der Waals surface area (Å²) < 4.78 is 0. The van der Waals surface area contributed by atoms with Gasteiger partial charge in [0.1, 0.15) is 0 Å². The van der Waals surface area contributed by atoms with E-state index < -0.39 is 10.3 Å². The Morgan fingerprint density at radius 2 is 2.12 bits per heavy atom. The molecule has 1 amide bonds. The van der Waals surface area contributed by atoms with Gasteiger partial charge in [-0.05, 0) is 31.2 Å². The van der Waals surface area contributed by atoms with E-state index in [9.17, 15) is 14.9 Å². The third-order valence-electron chi connectivity index (χ3n) is 4.52. The monoisotopic (exact) mass is 367 g/mol. The normalized spacial score (nSPS) is 18.1. The number of amides is 1. The Bertz CT molecular complexity index is 647. The van der Waals surface area contributed by atoms with E-state index in [1.165, 1.54) is 6.07 Å². The fourth-order valence-corrected chi connectivity index (χ4v) is 3.54. The lowest BCUT2D eigenvalue weighted by Gasteiger charge is -2.36. The molecule has 0 saturated carbocycles. The quantitative estimate of drug-likeness (QED) is 0.646. The number of nitro benzene ring substituents is 1. The van der Waals surface area contributed by atoms with Gasteiger partial charge in [-0.25, -0.2) is 0 Å². The van der Waals surface area contributed by atoms with Crippen LogP contribution in [0.3, 0.4) is 0 Å². The van der Waals surface area contributed by atoms with E-state index >= 15 is 0 Å². The summed E-state index contributed by atoms with van der Waals surface area (Å²) in [5, 5.41) is 14.4. The number of halogens is 1. The zero-order valence-electron chi connectivity index (χ0n) is 15.3. The first-order valence-electron chi connectivity index (χ1n) is 8.57. The number of aryl methyl sites for hydroxylation is 1. The molecule has 1 aliphatic heterocycles. The summed E-state index contributed by atoms with van der Waals surface area (Å²) in [5.41, 5.74) is 1.28. The number of piperidine rings is 1. The molecule has 1 saturated heterocycles.